The predicted molar refractivity (Wildman–Crippen MR) is 64.1 cm³/mol. The lowest BCUT2D eigenvalue weighted by atomic mass is 9.97. The maximum absolute atomic E-state index is 11.7. The average Bonchev–Trinajstić information content (AvgIpc) is 2.34. The van der Waals surface area contributed by atoms with E-state index in [1.165, 1.54) is 0 Å². The predicted octanol–water partition coefficient (Wildman–Crippen LogP) is 1.00. The number of amides is 1. The van der Waals surface area contributed by atoms with E-state index >= 15 is 0 Å². The van der Waals surface area contributed by atoms with Gasteiger partial charge in [-0.1, -0.05) is 13.3 Å². The molecule has 0 unspecified atom stereocenters. The highest BCUT2D eigenvalue weighted by atomic mass is 16.5. The number of hydrogen-bond donors (Lipinski definition) is 1. The Morgan fingerprint density at radius 1 is 1.44 bits per heavy atom. The van der Waals surface area contributed by atoms with Crippen LogP contribution in [0.2, 0.25) is 0 Å². The summed E-state index contributed by atoms with van der Waals surface area (Å²) in [4.78, 5) is 13.6. The molecule has 4 heteroatoms. The van der Waals surface area contributed by atoms with Gasteiger partial charge in [0.05, 0.1) is 0 Å². The van der Waals surface area contributed by atoms with E-state index in [2.05, 4.69) is 6.92 Å². The van der Waals surface area contributed by atoms with Crippen LogP contribution in [-0.2, 0) is 9.53 Å². The molecule has 0 saturated carbocycles. The van der Waals surface area contributed by atoms with Crippen molar-refractivity contribution in [3.63, 3.8) is 0 Å². The fourth-order valence-corrected chi connectivity index (χ4v) is 1.92. The number of ether oxygens (including phenoxy) is 1. The van der Waals surface area contributed by atoms with Crippen LogP contribution in [0.1, 0.15) is 32.6 Å². The highest BCUT2D eigenvalue weighted by Crippen LogP contribution is 2.15. The number of likely N-dealkylation sites (tertiary alicyclic amines) is 1. The number of nitrogens with zero attached hydrogens (tertiary/aromatic N) is 1. The normalized spacial score (nSPS) is 17.8. The first-order valence-corrected chi connectivity index (χ1v) is 6.33. The van der Waals surface area contributed by atoms with E-state index in [1.807, 2.05) is 4.90 Å². The number of hydrogen-bond acceptors (Lipinski definition) is 3. The third-order valence-corrected chi connectivity index (χ3v) is 3.17. The zero-order valence-corrected chi connectivity index (χ0v) is 10.3. The molecule has 4 nitrogen and oxygen atoms in total. The van der Waals surface area contributed by atoms with Crippen molar-refractivity contribution >= 4 is 5.91 Å². The summed E-state index contributed by atoms with van der Waals surface area (Å²) in [6, 6.07) is 0. The zero-order valence-electron chi connectivity index (χ0n) is 10.3. The van der Waals surface area contributed by atoms with Crippen molar-refractivity contribution in [1.29, 1.82) is 0 Å². The molecular weight excluding hydrogens is 204 g/mol. The fraction of sp³-hybridized carbons (Fsp3) is 0.917. The molecule has 2 N–H and O–H groups in total. The maximum Gasteiger partial charge on any atom is 0.248 e. The Morgan fingerprint density at radius 2 is 2.12 bits per heavy atom. The first-order valence-electron chi connectivity index (χ1n) is 6.33. The monoisotopic (exact) mass is 228 g/mol. The standard InChI is InChI=1S/C12H24N2O2/c1-2-3-8-16-10-12(15)14-6-4-11(9-13)5-7-14/h11H,2-10,13H2,1H3. The van der Waals surface area contributed by atoms with Gasteiger partial charge in [0.15, 0.2) is 0 Å². The summed E-state index contributed by atoms with van der Waals surface area (Å²) in [5.41, 5.74) is 5.61. The minimum atomic E-state index is 0.131. The molecule has 1 heterocycles. The third-order valence-electron chi connectivity index (χ3n) is 3.17. The van der Waals surface area contributed by atoms with Gasteiger partial charge in [-0.25, -0.2) is 0 Å². The average molecular weight is 228 g/mol. The lowest BCUT2D eigenvalue weighted by Gasteiger charge is -2.31. The first kappa shape index (κ1) is 13.5. The molecule has 0 bridgehead atoms. The van der Waals surface area contributed by atoms with Gasteiger partial charge in [-0.15, -0.1) is 0 Å². The van der Waals surface area contributed by atoms with Crippen LogP contribution in [0.3, 0.4) is 0 Å². The number of rotatable bonds is 6. The van der Waals surface area contributed by atoms with Gasteiger partial charge in [-0.05, 0) is 31.7 Å². The van der Waals surface area contributed by atoms with E-state index in [0.717, 1.165) is 45.3 Å². The first-order chi connectivity index (χ1) is 7.77. The van der Waals surface area contributed by atoms with E-state index < -0.39 is 0 Å². The Kier molecular flexibility index (Phi) is 6.42. The van der Waals surface area contributed by atoms with Gasteiger partial charge in [0.1, 0.15) is 6.61 Å². The number of carbonyl (C=O) groups is 1. The van der Waals surface area contributed by atoms with Crippen LogP contribution in [0.5, 0.6) is 0 Å². The van der Waals surface area contributed by atoms with E-state index in [9.17, 15) is 4.79 Å². The SMILES string of the molecule is CCCCOCC(=O)N1CCC(CN)CC1. The van der Waals surface area contributed by atoms with Crippen LogP contribution >= 0.6 is 0 Å². The van der Waals surface area contributed by atoms with Crippen LogP contribution in [0.15, 0.2) is 0 Å². The topological polar surface area (TPSA) is 55.6 Å². The second-order valence-electron chi connectivity index (χ2n) is 4.47. The molecule has 1 aliphatic rings. The van der Waals surface area contributed by atoms with Gasteiger partial charge < -0.3 is 15.4 Å². The zero-order chi connectivity index (χ0) is 11.8. The van der Waals surface area contributed by atoms with Crippen molar-refractivity contribution in [3.8, 4) is 0 Å². The Labute approximate surface area is 98.1 Å². The number of carbonyl (C=O) groups excluding carboxylic acids is 1. The third kappa shape index (κ3) is 4.49. The van der Waals surface area contributed by atoms with Gasteiger partial charge in [-0.3, -0.25) is 4.79 Å². The van der Waals surface area contributed by atoms with Crippen LogP contribution in [0.25, 0.3) is 0 Å². The molecule has 16 heavy (non-hydrogen) atoms. The maximum atomic E-state index is 11.7. The lowest BCUT2D eigenvalue weighted by Crippen LogP contribution is -2.41. The molecular formula is C12H24N2O2. The minimum Gasteiger partial charge on any atom is -0.372 e. The molecule has 0 radical (unpaired) electrons. The van der Waals surface area contributed by atoms with E-state index in [4.69, 9.17) is 10.5 Å². The number of nitrogens with two attached hydrogens (primary N) is 1. The lowest BCUT2D eigenvalue weighted by molar-refractivity contribution is -0.137. The van der Waals surface area contributed by atoms with Crippen LogP contribution < -0.4 is 5.73 Å². The van der Waals surface area contributed by atoms with Gasteiger partial charge in [0, 0.05) is 19.7 Å². The summed E-state index contributed by atoms with van der Waals surface area (Å²) in [6.45, 7) is 5.49. The van der Waals surface area contributed by atoms with Crippen molar-refractivity contribution < 1.29 is 9.53 Å². The molecule has 1 aliphatic heterocycles. The molecule has 1 rings (SSSR count). The molecule has 0 aromatic heterocycles. The molecule has 0 aromatic carbocycles. The molecule has 94 valence electrons. The van der Waals surface area contributed by atoms with Crippen molar-refractivity contribution in [2.75, 3.05) is 32.8 Å². The Balaban J connectivity index is 2.13. The summed E-state index contributed by atoms with van der Waals surface area (Å²) < 4.78 is 5.33. The second-order valence-corrected chi connectivity index (χ2v) is 4.47. The Bertz CT molecular complexity index is 201. The highest BCUT2D eigenvalue weighted by Gasteiger charge is 2.21. The molecule has 1 amide bonds. The number of unbranched alkanes of at least 4 members (excludes halogenated alkanes) is 1. The van der Waals surface area contributed by atoms with Gasteiger partial charge in [0.25, 0.3) is 0 Å². The smallest absolute Gasteiger partial charge is 0.248 e. The Hall–Kier alpha value is -0.610. The fourth-order valence-electron chi connectivity index (χ4n) is 1.92. The van der Waals surface area contributed by atoms with Crippen molar-refractivity contribution in [3.05, 3.63) is 0 Å². The van der Waals surface area contributed by atoms with Gasteiger partial charge in [-0.2, -0.15) is 0 Å². The van der Waals surface area contributed by atoms with E-state index in [1.54, 1.807) is 0 Å². The quantitative estimate of drug-likeness (QED) is 0.690. The Morgan fingerprint density at radius 3 is 2.69 bits per heavy atom. The van der Waals surface area contributed by atoms with Crippen LogP contribution in [-0.4, -0.2) is 43.7 Å². The van der Waals surface area contributed by atoms with Crippen LogP contribution in [0.4, 0.5) is 0 Å². The summed E-state index contributed by atoms with van der Waals surface area (Å²) in [6.07, 6.45) is 4.22. The molecule has 1 saturated heterocycles. The van der Waals surface area contributed by atoms with Crippen molar-refractivity contribution in [2.45, 2.75) is 32.6 Å². The summed E-state index contributed by atoms with van der Waals surface area (Å²) in [7, 11) is 0. The molecule has 1 fully saturated rings. The minimum absolute atomic E-state index is 0.131. The van der Waals surface area contributed by atoms with Crippen molar-refractivity contribution in [2.24, 2.45) is 11.7 Å². The molecule has 0 aliphatic carbocycles. The second kappa shape index (κ2) is 7.63. The molecule has 0 spiro atoms. The van der Waals surface area contributed by atoms with Gasteiger partial charge >= 0.3 is 0 Å². The largest absolute Gasteiger partial charge is 0.372 e. The summed E-state index contributed by atoms with van der Waals surface area (Å²) in [5.74, 6) is 0.733. The molecule has 0 atom stereocenters. The number of piperidine rings is 1. The highest BCUT2D eigenvalue weighted by molar-refractivity contribution is 5.77. The van der Waals surface area contributed by atoms with Gasteiger partial charge in [0.2, 0.25) is 5.91 Å². The van der Waals surface area contributed by atoms with E-state index in [0.29, 0.717) is 12.5 Å². The van der Waals surface area contributed by atoms with E-state index in [-0.39, 0.29) is 12.5 Å². The van der Waals surface area contributed by atoms with Crippen LogP contribution in [0, 0.1) is 5.92 Å². The summed E-state index contributed by atoms with van der Waals surface area (Å²) >= 11 is 0. The molecule has 0 aromatic rings. The summed E-state index contributed by atoms with van der Waals surface area (Å²) in [5, 5.41) is 0. The van der Waals surface area contributed by atoms with Crippen molar-refractivity contribution in [1.82, 2.24) is 4.90 Å².